The van der Waals surface area contributed by atoms with Crippen LogP contribution < -0.4 is 10.1 Å². The van der Waals surface area contributed by atoms with Gasteiger partial charge in [0.1, 0.15) is 12.4 Å². The molecular formula is C18H18ClNO5. The fraction of sp³-hybridized carbons (Fsp3) is 0.222. The lowest BCUT2D eigenvalue weighted by Crippen LogP contribution is -2.32. The smallest absolute Gasteiger partial charge is 0.340 e. The summed E-state index contributed by atoms with van der Waals surface area (Å²) in [7, 11) is 0. The van der Waals surface area contributed by atoms with Crippen LogP contribution in [0.2, 0.25) is 5.02 Å². The van der Waals surface area contributed by atoms with Crippen molar-refractivity contribution in [2.45, 2.75) is 6.10 Å². The van der Waals surface area contributed by atoms with Crippen LogP contribution in [-0.4, -0.2) is 36.7 Å². The van der Waals surface area contributed by atoms with Crippen LogP contribution in [-0.2, 0) is 14.3 Å². The molecule has 0 aliphatic heterocycles. The predicted octanol–water partition coefficient (Wildman–Crippen LogP) is 2.11. The monoisotopic (exact) mass is 363 g/mol. The Balaban J connectivity index is 1.63. The van der Waals surface area contributed by atoms with Crippen molar-refractivity contribution in [3.8, 4) is 5.75 Å². The van der Waals surface area contributed by atoms with E-state index in [4.69, 9.17) is 21.1 Å². The summed E-state index contributed by atoms with van der Waals surface area (Å²) in [5, 5.41) is 13.0. The van der Waals surface area contributed by atoms with Gasteiger partial charge in [-0.2, -0.15) is 0 Å². The van der Waals surface area contributed by atoms with Gasteiger partial charge >= 0.3 is 5.97 Å². The maximum absolute atomic E-state index is 11.7. The number of benzene rings is 2. The molecule has 1 amide bonds. The second kappa shape index (κ2) is 9.66. The SMILES string of the molecule is O=C(COC(=O)[C@H](O)c1ccccc1)NCCOc1ccc(Cl)cc1. The van der Waals surface area contributed by atoms with Crippen LogP contribution in [0.4, 0.5) is 0 Å². The van der Waals surface area contributed by atoms with Gasteiger partial charge in [0.05, 0.1) is 6.54 Å². The van der Waals surface area contributed by atoms with Gasteiger partial charge in [-0.15, -0.1) is 0 Å². The second-order valence-electron chi connectivity index (χ2n) is 5.07. The van der Waals surface area contributed by atoms with Crippen LogP contribution in [0.5, 0.6) is 5.75 Å². The number of aliphatic hydroxyl groups excluding tert-OH is 1. The molecule has 0 saturated carbocycles. The molecule has 0 radical (unpaired) electrons. The van der Waals surface area contributed by atoms with Crippen LogP contribution in [0.15, 0.2) is 54.6 Å². The molecule has 0 saturated heterocycles. The van der Waals surface area contributed by atoms with Gasteiger partial charge in [0, 0.05) is 5.02 Å². The first kappa shape index (κ1) is 18.8. The van der Waals surface area contributed by atoms with Crippen LogP contribution >= 0.6 is 11.6 Å². The predicted molar refractivity (Wildman–Crippen MR) is 92.3 cm³/mol. The van der Waals surface area contributed by atoms with E-state index in [2.05, 4.69) is 5.32 Å². The van der Waals surface area contributed by atoms with E-state index in [1.54, 1.807) is 54.6 Å². The van der Waals surface area contributed by atoms with Gasteiger partial charge in [-0.3, -0.25) is 4.79 Å². The van der Waals surface area contributed by atoms with Gasteiger partial charge in [0.2, 0.25) is 0 Å². The third-order valence-electron chi connectivity index (χ3n) is 3.19. The van der Waals surface area contributed by atoms with Crippen molar-refractivity contribution in [3.63, 3.8) is 0 Å². The van der Waals surface area contributed by atoms with E-state index in [1.165, 1.54) is 0 Å². The van der Waals surface area contributed by atoms with Crippen LogP contribution in [0.25, 0.3) is 0 Å². The molecule has 0 aliphatic carbocycles. The van der Waals surface area contributed by atoms with Crippen molar-refractivity contribution < 1.29 is 24.2 Å². The number of carbonyl (C=O) groups is 2. The van der Waals surface area contributed by atoms with Crippen LogP contribution in [0.1, 0.15) is 11.7 Å². The summed E-state index contributed by atoms with van der Waals surface area (Å²) in [6, 6.07) is 15.2. The maximum Gasteiger partial charge on any atom is 0.340 e. The standard InChI is InChI=1S/C18H18ClNO5/c19-14-6-8-15(9-7-14)24-11-10-20-16(21)12-25-18(23)17(22)13-4-2-1-3-5-13/h1-9,17,22H,10-12H2,(H,20,21)/t17-/m1/s1. The largest absolute Gasteiger partial charge is 0.492 e. The van der Waals surface area contributed by atoms with Gasteiger partial charge in [0.25, 0.3) is 5.91 Å². The molecule has 6 nitrogen and oxygen atoms in total. The molecule has 1 atom stereocenters. The molecule has 2 aromatic rings. The average molecular weight is 364 g/mol. The zero-order chi connectivity index (χ0) is 18.1. The highest BCUT2D eigenvalue weighted by Gasteiger charge is 2.19. The summed E-state index contributed by atoms with van der Waals surface area (Å²) in [6.45, 7) is 0.0396. The van der Waals surface area contributed by atoms with Crippen molar-refractivity contribution >= 4 is 23.5 Å². The lowest BCUT2D eigenvalue weighted by atomic mass is 10.1. The molecule has 0 unspecified atom stereocenters. The molecule has 25 heavy (non-hydrogen) atoms. The number of rotatable bonds is 8. The van der Waals surface area contributed by atoms with Gasteiger partial charge in [-0.1, -0.05) is 41.9 Å². The van der Waals surface area contributed by atoms with E-state index in [0.29, 0.717) is 16.3 Å². The highest BCUT2D eigenvalue weighted by atomic mass is 35.5. The minimum Gasteiger partial charge on any atom is -0.492 e. The topological polar surface area (TPSA) is 84.9 Å². The van der Waals surface area contributed by atoms with E-state index in [-0.39, 0.29) is 13.2 Å². The Labute approximate surface area is 150 Å². The van der Waals surface area contributed by atoms with Gasteiger partial charge in [-0.05, 0) is 29.8 Å². The number of nitrogens with one attached hydrogen (secondary N) is 1. The number of aliphatic hydroxyl groups is 1. The minimum atomic E-state index is -1.41. The van der Waals surface area contributed by atoms with Crippen molar-refractivity contribution in [2.24, 2.45) is 0 Å². The summed E-state index contributed by atoms with van der Waals surface area (Å²) in [5.41, 5.74) is 0.407. The summed E-state index contributed by atoms with van der Waals surface area (Å²) in [6.07, 6.45) is -1.41. The Hall–Kier alpha value is -2.57. The number of amides is 1. The molecule has 0 aromatic heterocycles. The summed E-state index contributed by atoms with van der Waals surface area (Å²) < 4.78 is 10.2. The van der Waals surface area contributed by atoms with E-state index >= 15 is 0 Å². The molecule has 2 N–H and O–H groups in total. The molecule has 2 aromatic carbocycles. The van der Waals surface area contributed by atoms with E-state index in [9.17, 15) is 14.7 Å². The maximum atomic E-state index is 11.7. The Morgan fingerprint density at radius 3 is 2.44 bits per heavy atom. The van der Waals surface area contributed by atoms with Gasteiger partial charge in [-0.25, -0.2) is 4.79 Å². The molecule has 7 heteroatoms. The molecule has 2 rings (SSSR count). The average Bonchev–Trinajstić information content (AvgIpc) is 2.64. The van der Waals surface area contributed by atoms with Crippen LogP contribution in [0.3, 0.4) is 0 Å². The Morgan fingerprint density at radius 1 is 1.08 bits per heavy atom. The molecule has 0 spiro atoms. The molecule has 0 fully saturated rings. The third kappa shape index (κ3) is 6.45. The molecular weight excluding hydrogens is 346 g/mol. The number of esters is 1. The lowest BCUT2D eigenvalue weighted by molar-refractivity contribution is -0.157. The highest BCUT2D eigenvalue weighted by molar-refractivity contribution is 6.30. The Morgan fingerprint density at radius 2 is 1.76 bits per heavy atom. The Bertz CT molecular complexity index is 690. The number of hydrogen-bond acceptors (Lipinski definition) is 5. The molecule has 0 bridgehead atoms. The highest BCUT2D eigenvalue weighted by Crippen LogP contribution is 2.15. The van der Waals surface area contributed by atoms with E-state index in [1.807, 2.05) is 0 Å². The summed E-state index contributed by atoms with van der Waals surface area (Å²) in [4.78, 5) is 23.3. The van der Waals surface area contributed by atoms with Gasteiger partial charge in [0.15, 0.2) is 12.7 Å². The van der Waals surface area contributed by atoms with Crippen molar-refractivity contribution in [1.82, 2.24) is 5.32 Å². The number of ether oxygens (including phenoxy) is 2. The molecule has 0 heterocycles. The first-order chi connectivity index (χ1) is 12.1. The number of halogens is 1. The molecule has 0 aliphatic rings. The third-order valence-corrected chi connectivity index (χ3v) is 3.44. The molecule has 132 valence electrons. The zero-order valence-corrected chi connectivity index (χ0v) is 14.1. The normalized spacial score (nSPS) is 11.4. The zero-order valence-electron chi connectivity index (χ0n) is 13.4. The lowest BCUT2D eigenvalue weighted by Gasteiger charge is -2.11. The van der Waals surface area contributed by atoms with Crippen molar-refractivity contribution in [2.75, 3.05) is 19.8 Å². The first-order valence-corrected chi connectivity index (χ1v) is 7.99. The van der Waals surface area contributed by atoms with E-state index < -0.39 is 24.6 Å². The fourth-order valence-electron chi connectivity index (χ4n) is 1.93. The second-order valence-corrected chi connectivity index (χ2v) is 5.51. The summed E-state index contributed by atoms with van der Waals surface area (Å²) in [5.74, 6) is -0.719. The Kier molecular flexibility index (Phi) is 7.25. The fourth-order valence-corrected chi connectivity index (χ4v) is 2.05. The van der Waals surface area contributed by atoms with Crippen molar-refractivity contribution in [1.29, 1.82) is 0 Å². The van der Waals surface area contributed by atoms with Crippen LogP contribution in [0, 0.1) is 0 Å². The quantitative estimate of drug-likeness (QED) is 0.554. The number of hydrogen-bond donors (Lipinski definition) is 2. The van der Waals surface area contributed by atoms with Gasteiger partial charge < -0.3 is 19.9 Å². The summed E-state index contributed by atoms with van der Waals surface area (Å²) >= 11 is 5.76. The van der Waals surface area contributed by atoms with Crippen molar-refractivity contribution in [3.05, 3.63) is 65.2 Å². The minimum absolute atomic E-state index is 0.250. The first-order valence-electron chi connectivity index (χ1n) is 7.61. The number of carbonyl (C=O) groups excluding carboxylic acids is 2. The van der Waals surface area contributed by atoms with E-state index in [0.717, 1.165) is 0 Å².